The molecule has 2 rings (SSSR count). The Hall–Kier alpha value is -1.06. The number of aliphatic hydroxyl groups excluding tert-OH is 1. The van der Waals surface area contributed by atoms with Crippen LogP contribution in [0.25, 0.3) is 0 Å². The molecule has 3 heteroatoms. The van der Waals surface area contributed by atoms with E-state index in [1.807, 2.05) is 0 Å². The highest BCUT2D eigenvalue weighted by molar-refractivity contribution is 5.55. The van der Waals surface area contributed by atoms with Crippen molar-refractivity contribution < 1.29 is 5.11 Å². The van der Waals surface area contributed by atoms with Gasteiger partial charge in [0.1, 0.15) is 0 Å². The fourth-order valence-electron chi connectivity index (χ4n) is 2.86. The molecular weight excluding hydrogens is 236 g/mol. The zero-order valence-electron chi connectivity index (χ0n) is 12.2. The summed E-state index contributed by atoms with van der Waals surface area (Å²) in [6, 6.07) is 6.70. The number of hydrogen-bond donors (Lipinski definition) is 2. The Labute approximate surface area is 116 Å². The maximum atomic E-state index is 9.37. The maximum absolute atomic E-state index is 9.37. The van der Waals surface area contributed by atoms with Crippen LogP contribution >= 0.6 is 0 Å². The van der Waals surface area contributed by atoms with E-state index in [4.69, 9.17) is 0 Å². The highest BCUT2D eigenvalue weighted by Gasteiger charge is 2.21. The largest absolute Gasteiger partial charge is 0.396 e. The molecule has 0 spiro atoms. The van der Waals surface area contributed by atoms with E-state index in [9.17, 15) is 5.11 Å². The van der Waals surface area contributed by atoms with Crippen LogP contribution < -0.4 is 10.2 Å². The van der Waals surface area contributed by atoms with Crippen LogP contribution in [0.3, 0.4) is 0 Å². The monoisotopic (exact) mass is 262 g/mol. The Bertz CT molecular complexity index is 406. The van der Waals surface area contributed by atoms with E-state index in [1.54, 1.807) is 0 Å². The lowest BCUT2D eigenvalue weighted by atomic mass is 9.97. The molecule has 0 saturated carbocycles. The number of rotatable bonds is 5. The van der Waals surface area contributed by atoms with Gasteiger partial charge >= 0.3 is 0 Å². The molecule has 1 aliphatic rings. The molecular formula is C16H26N2O. The maximum Gasteiger partial charge on any atom is 0.0476 e. The fourth-order valence-corrected chi connectivity index (χ4v) is 2.86. The quantitative estimate of drug-likeness (QED) is 0.855. The van der Waals surface area contributed by atoms with Crippen molar-refractivity contribution in [3.05, 3.63) is 29.3 Å². The van der Waals surface area contributed by atoms with Crippen molar-refractivity contribution in [2.24, 2.45) is 5.92 Å². The predicted molar refractivity (Wildman–Crippen MR) is 80.6 cm³/mol. The molecule has 1 saturated heterocycles. The summed E-state index contributed by atoms with van der Waals surface area (Å²) in [7, 11) is 0. The number of nitrogens with zero attached hydrogens (tertiary/aromatic N) is 1. The molecule has 1 heterocycles. The molecule has 106 valence electrons. The van der Waals surface area contributed by atoms with Gasteiger partial charge in [-0.2, -0.15) is 0 Å². The van der Waals surface area contributed by atoms with E-state index in [2.05, 4.69) is 42.3 Å². The first kappa shape index (κ1) is 14.4. The molecule has 19 heavy (non-hydrogen) atoms. The second-order valence-corrected chi connectivity index (χ2v) is 5.55. The first-order valence-electron chi connectivity index (χ1n) is 7.40. The third-order valence-corrected chi connectivity index (χ3v) is 3.92. The van der Waals surface area contributed by atoms with E-state index >= 15 is 0 Å². The van der Waals surface area contributed by atoms with Gasteiger partial charge in [0.15, 0.2) is 0 Å². The van der Waals surface area contributed by atoms with Crippen LogP contribution in [0.1, 0.15) is 30.9 Å². The van der Waals surface area contributed by atoms with Crippen molar-refractivity contribution in [2.45, 2.75) is 33.2 Å². The molecule has 2 N–H and O–H groups in total. The SMILES string of the molecule is CCNCc1cc(C)ccc1N1CCCC(CO)C1. The molecule has 1 unspecified atom stereocenters. The van der Waals surface area contributed by atoms with Crippen LogP contribution in [-0.4, -0.2) is 31.3 Å². The molecule has 1 aliphatic heterocycles. The van der Waals surface area contributed by atoms with Crippen molar-refractivity contribution in [3.63, 3.8) is 0 Å². The second kappa shape index (κ2) is 6.92. The van der Waals surface area contributed by atoms with Gasteiger partial charge in [-0.3, -0.25) is 0 Å². The summed E-state index contributed by atoms with van der Waals surface area (Å²) in [5, 5.41) is 12.8. The normalized spacial score (nSPS) is 19.7. The Kier molecular flexibility index (Phi) is 5.23. The highest BCUT2D eigenvalue weighted by Crippen LogP contribution is 2.27. The van der Waals surface area contributed by atoms with Crippen LogP contribution in [0.15, 0.2) is 18.2 Å². The molecule has 3 nitrogen and oxygen atoms in total. The summed E-state index contributed by atoms with van der Waals surface area (Å²) in [5.74, 6) is 0.432. The Balaban J connectivity index is 2.17. The molecule has 0 aliphatic carbocycles. The number of piperidine rings is 1. The molecule has 0 amide bonds. The molecule has 0 radical (unpaired) electrons. The number of benzene rings is 1. The van der Waals surface area contributed by atoms with Gasteiger partial charge in [0.05, 0.1) is 0 Å². The lowest BCUT2D eigenvalue weighted by molar-refractivity contribution is 0.208. The summed E-state index contributed by atoms with van der Waals surface area (Å²) < 4.78 is 0. The molecule has 1 atom stereocenters. The third-order valence-electron chi connectivity index (χ3n) is 3.92. The average molecular weight is 262 g/mol. The third kappa shape index (κ3) is 3.71. The first-order chi connectivity index (χ1) is 9.24. The van der Waals surface area contributed by atoms with Gasteiger partial charge in [-0.25, -0.2) is 0 Å². The molecule has 0 aromatic heterocycles. The fraction of sp³-hybridized carbons (Fsp3) is 0.625. The standard InChI is InChI=1S/C16H26N2O/c1-3-17-10-15-9-13(2)6-7-16(15)18-8-4-5-14(11-18)12-19/h6-7,9,14,17,19H,3-5,8,10-12H2,1-2H3. The van der Waals surface area contributed by atoms with Crippen LogP contribution in [0, 0.1) is 12.8 Å². The summed E-state index contributed by atoms with van der Waals surface area (Å²) in [4.78, 5) is 2.44. The van der Waals surface area contributed by atoms with Crippen molar-refractivity contribution in [1.82, 2.24) is 5.32 Å². The Morgan fingerprint density at radius 1 is 1.42 bits per heavy atom. The summed E-state index contributed by atoms with van der Waals surface area (Å²) in [6.07, 6.45) is 2.33. The smallest absolute Gasteiger partial charge is 0.0476 e. The van der Waals surface area contributed by atoms with Crippen molar-refractivity contribution in [2.75, 3.05) is 31.1 Å². The van der Waals surface area contributed by atoms with E-state index in [1.165, 1.54) is 23.2 Å². The van der Waals surface area contributed by atoms with Gasteiger partial charge in [0.2, 0.25) is 0 Å². The topological polar surface area (TPSA) is 35.5 Å². The summed E-state index contributed by atoms with van der Waals surface area (Å²) in [6.45, 7) is 8.60. The number of hydrogen-bond acceptors (Lipinski definition) is 3. The first-order valence-corrected chi connectivity index (χ1v) is 7.40. The molecule has 0 bridgehead atoms. The average Bonchev–Trinajstić information content (AvgIpc) is 2.45. The van der Waals surface area contributed by atoms with Gasteiger partial charge in [-0.05, 0) is 43.9 Å². The van der Waals surface area contributed by atoms with E-state index < -0.39 is 0 Å². The summed E-state index contributed by atoms with van der Waals surface area (Å²) >= 11 is 0. The van der Waals surface area contributed by atoms with Gasteiger partial charge in [0, 0.05) is 31.9 Å². The number of nitrogens with one attached hydrogen (secondary N) is 1. The van der Waals surface area contributed by atoms with Crippen LogP contribution in [0.2, 0.25) is 0 Å². The van der Waals surface area contributed by atoms with E-state index in [0.717, 1.165) is 32.6 Å². The minimum absolute atomic E-state index is 0.310. The zero-order valence-corrected chi connectivity index (χ0v) is 12.2. The van der Waals surface area contributed by atoms with Crippen molar-refractivity contribution in [3.8, 4) is 0 Å². The van der Waals surface area contributed by atoms with E-state index in [-0.39, 0.29) is 0 Å². The lowest BCUT2D eigenvalue weighted by Crippen LogP contribution is -2.37. The van der Waals surface area contributed by atoms with E-state index in [0.29, 0.717) is 12.5 Å². The number of aliphatic hydroxyl groups is 1. The Morgan fingerprint density at radius 3 is 3.00 bits per heavy atom. The number of anilines is 1. The van der Waals surface area contributed by atoms with Gasteiger partial charge in [0.25, 0.3) is 0 Å². The van der Waals surface area contributed by atoms with Crippen LogP contribution in [-0.2, 0) is 6.54 Å². The number of aryl methyl sites for hydroxylation is 1. The van der Waals surface area contributed by atoms with Gasteiger partial charge in [-0.15, -0.1) is 0 Å². The van der Waals surface area contributed by atoms with Crippen molar-refractivity contribution in [1.29, 1.82) is 0 Å². The lowest BCUT2D eigenvalue weighted by Gasteiger charge is -2.35. The predicted octanol–water partition coefficient (Wildman–Crippen LogP) is 2.31. The second-order valence-electron chi connectivity index (χ2n) is 5.55. The Morgan fingerprint density at radius 2 is 2.26 bits per heavy atom. The van der Waals surface area contributed by atoms with Crippen LogP contribution in [0.4, 0.5) is 5.69 Å². The minimum atomic E-state index is 0.310. The molecule has 1 fully saturated rings. The minimum Gasteiger partial charge on any atom is -0.396 e. The highest BCUT2D eigenvalue weighted by atomic mass is 16.3. The molecule has 1 aromatic rings. The molecule has 1 aromatic carbocycles. The van der Waals surface area contributed by atoms with Crippen LogP contribution in [0.5, 0.6) is 0 Å². The summed E-state index contributed by atoms with van der Waals surface area (Å²) in [5.41, 5.74) is 4.03. The van der Waals surface area contributed by atoms with Crippen molar-refractivity contribution >= 4 is 5.69 Å². The zero-order chi connectivity index (χ0) is 13.7. The van der Waals surface area contributed by atoms with Gasteiger partial charge < -0.3 is 15.3 Å². The van der Waals surface area contributed by atoms with Gasteiger partial charge in [-0.1, -0.05) is 24.6 Å².